The van der Waals surface area contributed by atoms with Gasteiger partial charge in [-0.15, -0.1) is 5.73 Å². The molecule has 11 heavy (non-hydrogen) atoms. The Kier molecular flexibility index (Phi) is 6.75. The summed E-state index contributed by atoms with van der Waals surface area (Å²) in [4.78, 5) is 0. The Bertz CT molecular complexity index is 166. The van der Waals surface area contributed by atoms with Gasteiger partial charge in [0.05, 0.1) is 6.61 Å². The Labute approximate surface area is 68.0 Å². The van der Waals surface area contributed by atoms with Crippen LogP contribution in [0.4, 0.5) is 0 Å². The molecule has 0 aliphatic heterocycles. The molecule has 2 heteroatoms. The van der Waals surface area contributed by atoms with Crippen LogP contribution in [0.1, 0.15) is 6.42 Å². The highest BCUT2D eigenvalue weighted by atomic mass is 16.5. The van der Waals surface area contributed by atoms with Gasteiger partial charge in [-0.3, -0.25) is 0 Å². The van der Waals surface area contributed by atoms with E-state index >= 15 is 0 Å². The standard InChI is InChI=1S/C9H15NO/c1-3-9(8-10)6-4-5-7-11-2/h4-5H,1,6-8,10H2,2H3/b5-4+. The molecule has 0 rings (SSSR count). The lowest BCUT2D eigenvalue weighted by molar-refractivity contribution is 0.233. The van der Waals surface area contributed by atoms with Crippen LogP contribution in [0.3, 0.4) is 0 Å². The molecule has 0 unspecified atom stereocenters. The first-order chi connectivity index (χ1) is 5.35. The van der Waals surface area contributed by atoms with Crippen molar-refractivity contribution in [3.8, 4) is 0 Å². The Morgan fingerprint density at radius 1 is 1.64 bits per heavy atom. The predicted molar refractivity (Wildman–Crippen MR) is 47.3 cm³/mol. The lowest BCUT2D eigenvalue weighted by Gasteiger charge is -1.94. The smallest absolute Gasteiger partial charge is 0.0643 e. The fourth-order valence-electron chi connectivity index (χ4n) is 0.618. The molecule has 0 heterocycles. The number of allylic oxidation sites excluding steroid dienone is 1. The summed E-state index contributed by atoms with van der Waals surface area (Å²) in [5, 5.41) is 0. The molecule has 2 N–H and O–H groups in total. The summed E-state index contributed by atoms with van der Waals surface area (Å²) >= 11 is 0. The van der Waals surface area contributed by atoms with Crippen LogP contribution >= 0.6 is 0 Å². The number of ether oxygens (including phenoxy) is 1. The molecule has 0 aromatic heterocycles. The van der Waals surface area contributed by atoms with Gasteiger partial charge in [0, 0.05) is 13.7 Å². The summed E-state index contributed by atoms with van der Waals surface area (Å²) in [5.41, 5.74) is 9.20. The van der Waals surface area contributed by atoms with Gasteiger partial charge in [-0.25, -0.2) is 0 Å². The highest BCUT2D eigenvalue weighted by Crippen LogP contribution is 1.96. The van der Waals surface area contributed by atoms with Gasteiger partial charge >= 0.3 is 0 Å². The minimum atomic E-state index is 0.529. The first-order valence-corrected chi connectivity index (χ1v) is 3.57. The molecule has 0 spiro atoms. The molecule has 0 radical (unpaired) electrons. The Morgan fingerprint density at radius 3 is 2.82 bits per heavy atom. The molecular formula is C9H15NO. The highest BCUT2D eigenvalue weighted by molar-refractivity contribution is 5.06. The van der Waals surface area contributed by atoms with Crippen LogP contribution in [-0.4, -0.2) is 20.3 Å². The first-order valence-electron chi connectivity index (χ1n) is 3.57. The van der Waals surface area contributed by atoms with E-state index in [9.17, 15) is 0 Å². The second-order valence-electron chi connectivity index (χ2n) is 2.12. The van der Waals surface area contributed by atoms with Gasteiger partial charge in [0.25, 0.3) is 0 Å². The largest absolute Gasteiger partial charge is 0.381 e. The topological polar surface area (TPSA) is 35.2 Å². The van der Waals surface area contributed by atoms with Gasteiger partial charge in [0.2, 0.25) is 0 Å². The molecule has 2 nitrogen and oxygen atoms in total. The fraction of sp³-hybridized carbons (Fsp3) is 0.444. The van der Waals surface area contributed by atoms with Crippen molar-refractivity contribution in [1.82, 2.24) is 0 Å². The van der Waals surface area contributed by atoms with Crippen LogP contribution in [0.25, 0.3) is 0 Å². The average molecular weight is 153 g/mol. The Morgan fingerprint density at radius 2 is 2.36 bits per heavy atom. The molecule has 0 aliphatic carbocycles. The summed E-state index contributed by atoms with van der Waals surface area (Å²) in [6.07, 6.45) is 4.78. The predicted octanol–water partition coefficient (Wildman–Crippen LogP) is 1.25. The van der Waals surface area contributed by atoms with E-state index in [-0.39, 0.29) is 0 Å². The number of hydrogen-bond donors (Lipinski definition) is 1. The normalized spacial score (nSPS) is 10.0. The van der Waals surface area contributed by atoms with E-state index in [1.54, 1.807) is 7.11 Å². The van der Waals surface area contributed by atoms with E-state index in [4.69, 9.17) is 10.5 Å². The zero-order chi connectivity index (χ0) is 8.53. The fourth-order valence-corrected chi connectivity index (χ4v) is 0.618. The SMILES string of the molecule is C=C=C(CN)C/C=C/COC. The molecule has 0 amide bonds. The van der Waals surface area contributed by atoms with Crippen LogP contribution < -0.4 is 5.73 Å². The molecule has 0 saturated heterocycles. The minimum absolute atomic E-state index is 0.529. The first kappa shape index (κ1) is 10.2. The van der Waals surface area contributed by atoms with Gasteiger partial charge in [-0.2, -0.15) is 0 Å². The van der Waals surface area contributed by atoms with Crippen molar-refractivity contribution in [2.45, 2.75) is 6.42 Å². The van der Waals surface area contributed by atoms with E-state index in [1.165, 1.54) is 0 Å². The molecular weight excluding hydrogens is 138 g/mol. The van der Waals surface area contributed by atoms with Crippen molar-refractivity contribution in [2.75, 3.05) is 20.3 Å². The molecule has 0 aromatic carbocycles. The summed E-state index contributed by atoms with van der Waals surface area (Å²) in [5.74, 6) is 0. The van der Waals surface area contributed by atoms with Gasteiger partial charge in [0.15, 0.2) is 0 Å². The van der Waals surface area contributed by atoms with Crippen LogP contribution in [-0.2, 0) is 4.74 Å². The van der Waals surface area contributed by atoms with Gasteiger partial charge in [-0.1, -0.05) is 18.7 Å². The maximum atomic E-state index is 5.39. The average Bonchev–Trinajstić information content (AvgIpc) is 2.05. The third-order valence-electron chi connectivity index (χ3n) is 1.29. The maximum Gasteiger partial charge on any atom is 0.0643 e. The number of rotatable bonds is 5. The van der Waals surface area contributed by atoms with Crippen molar-refractivity contribution in [3.63, 3.8) is 0 Å². The van der Waals surface area contributed by atoms with Gasteiger partial charge < -0.3 is 10.5 Å². The molecule has 0 bridgehead atoms. The summed E-state index contributed by atoms with van der Waals surface area (Å²) < 4.78 is 4.83. The van der Waals surface area contributed by atoms with Crippen molar-refractivity contribution >= 4 is 0 Å². The second-order valence-corrected chi connectivity index (χ2v) is 2.12. The van der Waals surface area contributed by atoms with Crippen molar-refractivity contribution in [1.29, 1.82) is 0 Å². The maximum absolute atomic E-state index is 5.39. The van der Waals surface area contributed by atoms with Gasteiger partial charge in [-0.05, 0) is 12.0 Å². The quantitative estimate of drug-likeness (QED) is 0.476. The lowest BCUT2D eigenvalue weighted by Crippen LogP contribution is -2.00. The highest BCUT2D eigenvalue weighted by Gasteiger charge is 1.86. The molecule has 62 valence electrons. The number of methoxy groups -OCH3 is 1. The van der Waals surface area contributed by atoms with Crippen molar-refractivity contribution in [2.24, 2.45) is 5.73 Å². The monoisotopic (exact) mass is 153 g/mol. The minimum Gasteiger partial charge on any atom is -0.381 e. The number of nitrogens with two attached hydrogens (primary N) is 1. The van der Waals surface area contributed by atoms with Crippen LogP contribution in [0.15, 0.2) is 30.0 Å². The summed E-state index contributed by atoms with van der Waals surface area (Å²) in [6, 6.07) is 0. The molecule has 0 aliphatic rings. The summed E-state index contributed by atoms with van der Waals surface area (Å²) in [6.45, 7) is 4.70. The zero-order valence-corrected chi connectivity index (χ0v) is 6.97. The second kappa shape index (κ2) is 7.29. The zero-order valence-electron chi connectivity index (χ0n) is 6.97. The summed E-state index contributed by atoms with van der Waals surface area (Å²) in [7, 11) is 1.66. The Hall–Kier alpha value is -0.820. The molecule has 0 aromatic rings. The van der Waals surface area contributed by atoms with E-state index < -0.39 is 0 Å². The van der Waals surface area contributed by atoms with Crippen LogP contribution in [0.5, 0.6) is 0 Å². The molecule has 0 atom stereocenters. The van der Waals surface area contributed by atoms with Crippen LogP contribution in [0.2, 0.25) is 0 Å². The van der Waals surface area contributed by atoms with E-state index in [0.717, 1.165) is 12.0 Å². The third-order valence-corrected chi connectivity index (χ3v) is 1.29. The van der Waals surface area contributed by atoms with Crippen molar-refractivity contribution in [3.05, 3.63) is 30.0 Å². The van der Waals surface area contributed by atoms with Gasteiger partial charge in [0.1, 0.15) is 0 Å². The van der Waals surface area contributed by atoms with E-state index in [0.29, 0.717) is 13.2 Å². The third kappa shape index (κ3) is 5.62. The molecule has 0 saturated carbocycles. The Balaban J connectivity index is 3.59. The van der Waals surface area contributed by atoms with E-state index in [1.807, 2.05) is 12.2 Å². The van der Waals surface area contributed by atoms with E-state index in [2.05, 4.69) is 12.3 Å². The molecule has 0 fully saturated rings. The van der Waals surface area contributed by atoms with Crippen LogP contribution in [0, 0.1) is 0 Å². The van der Waals surface area contributed by atoms with Crippen molar-refractivity contribution < 1.29 is 4.74 Å². The lowest BCUT2D eigenvalue weighted by atomic mass is 10.2. The number of hydrogen-bond acceptors (Lipinski definition) is 2.